The van der Waals surface area contributed by atoms with Crippen molar-refractivity contribution in [1.29, 1.82) is 0 Å². The molecule has 2 N–H and O–H groups in total. The SMILES string of the molecule is C/C=C\C=C(/CC)COC=O.CN1CCCCC(CN)C1. The number of allylic oxidation sites excluding steroid dienone is 3. The first-order chi connectivity index (χ1) is 10.2. The molecule has 4 nitrogen and oxygen atoms in total. The lowest BCUT2D eigenvalue weighted by atomic mass is 10.0. The molecule has 21 heavy (non-hydrogen) atoms. The van der Waals surface area contributed by atoms with Crippen molar-refractivity contribution in [1.82, 2.24) is 4.90 Å². The second kappa shape index (κ2) is 13.8. The van der Waals surface area contributed by atoms with E-state index in [4.69, 9.17) is 5.73 Å². The van der Waals surface area contributed by atoms with Crippen LogP contribution in [0.3, 0.4) is 0 Å². The summed E-state index contributed by atoms with van der Waals surface area (Å²) in [6.45, 7) is 8.19. The number of carbonyl (C=O) groups excluding carboxylic acids is 1. The summed E-state index contributed by atoms with van der Waals surface area (Å²) in [6, 6.07) is 0. The highest BCUT2D eigenvalue weighted by molar-refractivity contribution is 5.37. The van der Waals surface area contributed by atoms with Gasteiger partial charge in [-0.3, -0.25) is 4.79 Å². The van der Waals surface area contributed by atoms with Gasteiger partial charge in [0.1, 0.15) is 6.61 Å². The first-order valence-electron chi connectivity index (χ1n) is 7.92. The van der Waals surface area contributed by atoms with Gasteiger partial charge in [0.25, 0.3) is 6.47 Å². The van der Waals surface area contributed by atoms with Crippen molar-refractivity contribution < 1.29 is 9.53 Å². The van der Waals surface area contributed by atoms with Crippen LogP contribution in [0.4, 0.5) is 0 Å². The van der Waals surface area contributed by atoms with E-state index >= 15 is 0 Å². The molecule has 1 aliphatic rings. The third-order valence-corrected chi connectivity index (χ3v) is 3.62. The molecule has 1 fully saturated rings. The summed E-state index contributed by atoms with van der Waals surface area (Å²) < 4.78 is 4.60. The zero-order valence-electron chi connectivity index (χ0n) is 13.9. The van der Waals surface area contributed by atoms with E-state index in [2.05, 4.69) is 16.7 Å². The Morgan fingerprint density at radius 2 is 2.19 bits per heavy atom. The van der Waals surface area contributed by atoms with E-state index < -0.39 is 0 Å². The Morgan fingerprint density at radius 3 is 2.76 bits per heavy atom. The Bertz CT molecular complexity index is 314. The van der Waals surface area contributed by atoms with Gasteiger partial charge in [-0.05, 0) is 57.8 Å². The third-order valence-electron chi connectivity index (χ3n) is 3.62. The van der Waals surface area contributed by atoms with Gasteiger partial charge in [-0.15, -0.1) is 0 Å². The molecule has 0 saturated carbocycles. The maximum atomic E-state index is 9.83. The van der Waals surface area contributed by atoms with Crippen molar-refractivity contribution in [3.8, 4) is 0 Å². The van der Waals surface area contributed by atoms with Crippen LogP contribution in [0.5, 0.6) is 0 Å². The minimum absolute atomic E-state index is 0.407. The molecule has 4 heteroatoms. The van der Waals surface area contributed by atoms with E-state index in [0.29, 0.717) is 13.1 Å². The Morgan fingerprint density at radius 1 is 1.43 bits per heavy atom. The fraction of sp³-hybridized carbons (Fsp3) is 0.706. The number of nitrogens with zero attached hydrogens (tertiary/aromatic N) is 1. The molecular formula is C17H32N2O2. The largest absolute Gasteiger partial charge is 0.463 e. The van der Waals surface area contributed by atoms with Gasteiger partial charge in [-0.25, -0.2) is 0 Å². The molecule has 0 spiro atoms. The predicted molar refractivity (Wildman–Crippen MR) is 89.1 cm³/mol. The number of hydrogen-bond acceptors (Lipinski definition) is 4. The molecule has 1 unspecified atom stereocenters. The fourth-order valence-corrected chi connectivity index (χ4v) is 2.27. The van der Waals surface area contributed by atoms with E-state index in [0.717, 1.165) is 24.5 Å². The number of carbonyl (C=O) groups is 1. The van der Waals surface area contributed by atoms with Gasteiger partial charge in [-0.1, -0.05) is 31.6 Å². The van der Waals surface area contributed by atoms with Crippen LogP contribution in [0, 0.1) is 5.92 Å². The number of nitrogens with two attached hydrogens (primary N) is 1. The summed E-state index contributed by atoms with van der Waals surface area (Å²) in [4.78, 5) is 12.2. The van der Waals surface area contributed by atoms with Gasteiger partial charge in [0.2, 0.25) is 0 Å². The molecule has 1 aliphatic heterocycles. The molecule has 1 saturated heterocycles. The van der Waals surface area contributed by atoms with Crippen LogP contribution in [0.2, 0.25) is 0 Å². The molecule has 0 radical (unpaired) electrons. The van der Waals surface area contributed by atoms with Gasteiger partial charge >= 0.3 is 0 Å². The van der Waals surface area contributed by atoms with Crippen molar-refractivity contribution in [3.63, 3.8) is 0 Å². The van der Waals surface area contributed by atoms with Crippen molar-refractivity contribution in [2.75, 3.05) is 33.3 Å². The lowest BCUT2D eigenvalue weighted by molar-refractivity contribution is -0.127. The van der Waals surface area contributed by atoms with Crippen molar-refractivity contribution in [3.05, 3.63) is 23.8 Å². The topological polar surface area (TPSA) is 55.6 Å². The molecule has 0 aromatic heterocycles. The average Bonchev–Trinajstić information content (AvgIpc) is 2.72. The molecule has 122 valence electrons. The van der Waals surface area contributed by atoms with Crippen LogP contribution in [-0.2, 0) is 9.53 Å². The number of rotatable bonds is 6. The van der Waals surface area contributed by atoms with Crippen LogP contribution < -0.4 is 5.73 Å². The quantitative estimate of drug-likeness (QED) is 0.605. The van der Waals surface area contributed by atoms with Crippen LogP contribution in [0.25, 0.3) is 0 Å². The van der Waals surface area contributed by atoms with Gasteiger partial charge < -0.3 is 15.4 Å². The lowest BCUT2D eigenvalue weighted by Crippen LogP contribution is -2.28. The maximum Gasteiger partial charge on any atom is 0.293 e. The highest BCUT2D eigenvalue weighted by Gasteiger charge is 2.12. The minimum atomic E-state index is 0.407. The monoisotopic (exact) mass is 296 g/mol. The first kappa shape index (κ1) is 19.9. The van der Waals surface area contributed by atoms with Gasteiger partial charge in [0, 0.05) is 6.54 Å². The zero-order valence-corrected chi connectivity index (χ0v) is 13.9. The summed E-state index contributed by atoms with van der Waals surface area (Å²) in [7, 11) is 2.19. The number of hydrogen-bond donors (Lipinski definition) is 1. The van der Waals surface area contributed by atoms with Gasteiger partial charge in [0.05, 0.1) is 0 Å². The molecule has 0 aromatic carbocycles. The van der Waals surface area contributed by atoms with E-state index in [1.165, 1.54) is 32.4 Å². The lowest BCUT2D eigenvalue weighted by Gasteiger charge is -2.17. The second-order valence-electron chi connectivity index (χ2n) is 5.47. The summed E-state index contributed by atoms with van der Waals surface area (Å²) in [5, 5.41) is 0. The second-order valence-corrected chi connectivity index (χ2v) is 5.47. The van der Waals surface area contributed by atoms with Crippen LogP contribution in [-0.4, -0.2) is 44.7 Å². The molecule has 1 atom stereocenters. The Kier molecular flexibility index (Phi) is 13.1. The minimum Gasteiger partial charge on any atom is -0.463 e. The molecule has 0 bridgehead atoms. The van der Waals surface area contributed by atoms with Gasteiger partial charge in [-0.2, -0.15) is 0 Å². The fourth-order valence-electron chi connectivity index (χ4n) is 2.27. The number of ether oxygens (including phenoxy) is 1. The molecule has 0 amide bonds. The summed E-state index contributed by atoms with van der Waals surface area (Å²) in [6.07, 6.45) is 10.8. The smallest absolute Gasteiger partial charge is 0.293 e. The molecule has 0 aliphatic carbocycles. The van der Waals surface area contributed by atoms with Crippen LogP contribution in [0.15, 0.2) is 23.8 Å². The van der Waals surface area contributed by atoms with E-state index in [-0.39, 0.29) is 0 Å². The maximum absolute atomic E-state index is 9.83. The Hall–Kier alpha value is -1.13. The average molecular weight is 296 g/mol. The highest BCUT2D eigenvalue weighted by Crippen LogP contribution is 2.13. The Labute approximate surface area is 130 Å². The van der Waals surface area contributed by atoms with Crippen molar-refractivity contribution in [2.24, 2.45) is 11.7 Å². The molecular weight excluding hydrogens is 264 g/mol. The third kappa shape index (κ3) is 11.2. The number of likely N-dealkylation sites (tertiary alicyclic amines) is 1. The molecule has 0 aromatic rings. The summed E-state index contributed by atoms with van der Waals surface area (Å²) >= 11 is 0. The standard InChI is InChI=1S/C9H14O2.C8H18N2/c1-3-5-6-9(4-2)7-11-8-10;1-10-5-3-2-4-8(6-9)7-10/h3,5-6,8H,4,7H2,1-2H3;8H,2-7,9H2,1H3/b5-3-,9-6+;. The van der Waals surface area contributed by atoms with Crippen LogP contribution >= 0.6 is 0 Å². The van der Waals surface area contributed by atoms with Gasteiger partial charge in [0.15, 0.2) is 0 Å². The summed E-state index contributed by atoms with van der Waals surface area (Å²) in [5.74, 6) is 0.757. The molecule has 1 rings (SSSR count). The van der Waals surface area contributed by atoms with E-state index in [1.807, 2.05) is 32.1 Å². The van der Waals surface area contributed by atoms with Crippen molar-refractivity contribution >= 4 is 6.47 Å². The normalized spacial score (nSPS) is 20.6. The predicted octanol–water partition coefficient (Wildman–Crippen LogP) is 2.75. The molecule has 1 heterocycles. The summed E-state index contributed by atoms with van der Waals surface area (Å²) in [5.41, 5.74) is 6.73. The van der Waals surface area contributed by atoms with Crippen LogP contribution in [0.1, 0.15) is 39.5 Å². The highest BCUT2D eigenvalue weighted by atomic mass is 16.5. The van der Waals surface area contributed by atoms with E-state index in [1.54, 1.807) is 0 Å². The van der Waals surface area contributed by atoms with E-state index in [9.17, 15) is 4.79 Å². The Balaban J connectivity index is 0.000000382. The zero-order chi connectivity index (χ0) is 15.9. The van der Waals surface area contributed by atoms with Crippen molar-refractivity contribution in [2.45, 2.75) is 39.5 Å². The first-order valence-corrected chi connectivity index (χ1v) is 7.92.